The van der Waals surface area contributed by atoms with Gasteiger partial charge in [-0.3, -0.25) is 5.32 Å². The summed E-state index contributed by atoms with van der Waals surface area (Å²) in [5.41, 5.74) is 0.149. The second-order valence-electron chi connectivity index (χ2n) is 5.48. The molecule has 0 aromatic heterocycles. The van der Waals surface area contributed by atoms with Gasteiger partial charge in [-0.15, -0.1) is 0 Å². The molecule has 1 atom stereocenters. The first kappa shape index (κ1) is 16.4. The van der Waals surface area contributed by atoms with Crippen LogP contribution in [-0.4, -0.2) is 37.5 Å². The Morgan fingerprint density at radius 2 is 2.29 bits per heavy atom. The molecule has 0 saturated carbocycles. The van der Waals surface area contributed by atoms with Gasteiger partial charge in [0.15, 0.2) is 0 Å². The van der Waals surface area contributed by atoms with Crippen molar-refractivity contribution in [3.05, 3.63) is 28.2 Å². The summed E-state index contributed by atoms with van der Waals surface area (Å²) in [6, 6.07) is 4.81. The number of amides is 1. The maximum atomic E-state index is 11.8. The Morgan fingerprint density at radius 3 is 3.00 bits per heavy atom. The molecule has 7 heteroatoms. The average molecular weight is 333 g/mol. The highest BCUT2D eigenvalue weighted by atomic mass is 35.5. The van der Waals surface area contributed by atoms with E-state index in [1.165, 1.54) is 0 Å². The molecule has 1 aliphatic rings. The summed E-state index contributed by atoms with van der Waals surface area (Å²) in [7, 11) is 0. The summed E-state index contributed by atoms with van der Waals surface area (Å²) >= 11 is 11.8. The zero-order valence-corrected chi connectivity index (χ0v) is 13.4. The lowest BCUT2D eigenvalue weighted by molar-refractivity contribution is -0.110. The van der Waals surface area contributed by atoms with E-state index in [0.29, 0.717) is 22.3 Å². The number of carbonyl (C=O) groups excluding carboxylic acids is 1. The molecule has 1 fully saturated rings. The second-order valence-corrected chi connectivity index (χ2v) is 6.32. The molecule has 2 N–H and O–H groups in total. The van der Waals surface area contributed by atoms with Gasteiger partial charge in [0.2, 0.25) is 0 Å². The molecule has 21 heavy (non-hydrogen) atoms. The monoisotopic (exact) mass is 332 g/mol. The molecular weight excluding hydrogens is 315 g/mol. The molecule has 2 rings (SSSR count). The van der Waals surface area contributed by atoms with Crippen molar-refractivity contribution in [1.82, 2.24) is 5.32 Å². The summed E-state index contributed by atoms with van der Waals surface area (Å²) in [5, 5.41) is 6.68. The highest BCUT2D eigenvalue weighted by Crippen LogP contribution is 2.25. The van der Waals surface area contributed by atoms with Crippen LogP contribution in [0.4, 0.5) is 10.5 Å². The number of benzene rings is 1. The van der Waals surface area contributed by atoms with E-state index in [-0.39, 0.29) is 18.3 Å². The van der Waals surface area contributed by atoms with Gasteiger partial charge in [-0.1, -0.05) is 23.2 Å². The van der Waals surface area contributed by atoms with Crippen LogP contribution in [0.5, 0.6) is 0 Å². The van der Waals surface area contributed by atoms with Crippen molar-refractivity contribution in [2.24, 2.45) is 0 Å². The van der Waals surface area contributed by atoms with E-state index >= 15 is 0 Å². The van der Waals surface area contributed by atoms with Gasteiger partial charge in [0.1, 0.15) is 12.7 Å². The fourth-order valence-corrected chi connectivity index (χ4v) is 2.41. The minimum absolute atomic E-state index is 0.167. The molecule has 5 nitrogen and oxygen atoms in total. The van der Waals surface area contributed by atoms with Crippen molar-refractivity contribution in [3.63, 3.8) is 0 Å². The Bertz CT molecular complexity index is 523. The minimum atomic E-state index is -0.592. The van der Waals surface area contributed by atoms with Crippen LogP contribution in [0.15, 0.2) is 18.2 Å². The maximum absolute atomic E-state index is 11.8. The predicted molar refractivity (Wildman–Crippen MR) is 83.3 cm³/mol. The standard InChI is InChI=1S/C14H18Cl2N2O3/c1-14(2)8-17-6-10(21-14)7-20-13(19)18-12-5-9(15)3-4-11(12)16/h3-5,10,17H,6-8H2,1-2H3,(H,18,19). The Kier molecular flexibility index (Phi) is 5.32. The van der Waals surface area contributed by atoms with Gasteiger partial charge < -0.3 is 14.8 Å². The van der Waals surface area contributed by atoms with E-state index in [1.807, 2.05) is 13.8 Å². The first-order valence-electron chi connectivity index (χ1n) is 6.63. The Balaban J connectivity index is 1.83. The number of ether oxygens (including phenoxy) is 2. The number of nitrogens with one attached hydrogen (secondary N) is 2. The number of carbonyl (C=O) groups is 1. The third kappa shape index (κ3) is 5.04. The third-order valence-corrected chi connectivity index (χ3v) is 3.54. The molecule has 1 saturated heterocycles. The fourth-order valence-electron chi connectivity index (χ4n) is 2.07. The molecule has 0 radical (unpaired) electrons. The SMILES string of the molecule is CC1(C)CNCC(COC(=O)Nc2cc(Cl)ccc2Cl)O1. The lowest BCUT2D eigenvalue weighted by atomic mass is 10.1. The van der Waals surface area contributed by atoms with Crippen LogP contribution >= 0.6 is 23.2 Å². The molecule has 1 aliphatic heterocycles. The van der Waals surface area contributed by atoms with E-state index in [0.717, 1.165) is 6.54 Å². The molecule has 1 aromatic carbocycles. The molecule has 116 valence electrons. The highest BCUT2D eigenvalue weighted by Gasteiger charge is 2.29. The van der Waals surface area contributed by atoms with Crippen LogP contribution in [0.2, 0.25) is 10.0 Å². The third-order valence-electron chi connectivity index (χ3n) is 2.97. The molecular formula is C14H18Cl2N2O3. The van der Waals surface area contributed by atoms with Crippen LogP contribution in [0, 0.1) is 0 Å². The summed E-state index contributed by atoms with van der Waals surface area (Å²) in [5.74, 6) is 0. The zero-order chi connectivity index (χ0) is 15.5. The first-order chi connectivity index (χ1) is 9.85. The van der Waals surface area contributed by atoms with E-state index < -0.39 is 6.09 Å². The molecule has 1 aromatic rings. The number of hydrogen-bond donors (Lipinski definition) is 2. The average Bonchev–Trinajstić information content (AvgIpc) is 2.40. The van der Waals surface area contributed by atoms with Crippen molar-refractivity contribution in [2.45, 2.75) is 25.6 Å². The van der Waals surface area contributed by atoms with Crippen molar-refractivity contribution in [2.75, 3.05) is 25.0 Å². The number of morpholine rings is 1. The van der Waals surface area contributed by atoms with Crippen molar-refractivity contribution >= 4 is 35.0 Å². The Labute approximate surface area is 133 Å². The molecule has 0 bridgehead atoms. The minimum Gasteiger partial charge on any atom is -0.446 e. The van der Waals surface area contributed by atoms with Crippen LogP contribution in [0.3, 0.4) is 0 Å². The number of anilines is 1. The van der Waals surface area contributed by atoms with Crippen molar-refractivity contribution < 1.29 is 14.3 Å². The van der Waals surface area contributed by atoms with Gasteiger partial charge in [-0.25, -0.2) is 4.79 Å². The van der Waals surface area contributed by atoms with Crippen LogP contribution in [0.1, 0.15) is 13.8 Å². The Hall–Kier alpha value is -1.01. The maximum Gasteiger partial charge on any atom is 0.411 e. The summed E-state index contributed by atoms with van der Waals surface area (Å²) in [4.78, 5) is 11.8. The molecule has 1 unspecified atom stereocenters. The summed E-state index contributed by atoms with van der Waals surface area (Å²) < 4.78 is 11.0. The van der Waals surface area contributed by atoms with Gasteiger partial charge in [-0.05, 0) is 32.0 Å². The topological polar surface area (TPSA) is 59.6 Å². The van der Waals surface area contributed by atoms with E-state index in [4.69, 9.17) is 32.7 Å². The molecule has 1 heterocycles. The van der Waals surface area contributed by atoms with Gasteiger partial charge in [-0.2, -0.15) is 0 Å². The normalized spacial score (nSPS) is 20.9. The summed E-state index contributed by atoms with van der Waals surface area (Å²) in [6.45, 7) is 5.55. The van der Waals surface area contributed by atoms with Crippen molar-refractivity contribution in [3.8, 4) is 0 Å². The van der Waals surface area contributed by atoms with Crippen LogP contribution in [0.25, 0.3) is 0 Å². The largest absolute Gasteiger partial charge is 0.446 e. The lowest BCUT2D eigenvalue weighted by Gasteiger charge is -2.36. The van der Waals surface area contributed by atoms with Crippen molar-refractivity contribution in [1.29, 1.82) is 0 Å². The first-order valence-corrected chi connectivity index (χ1v) is 7.39. The lowest BCUT2D eigenvalue weighted by Crippen LogP contribution is -2.52. The van der Waals surface area contributed by atoms with Gasteiger partial charge in [0, 0.05) is 18.1 Å². The van der Waals surface area contributed by atoms with E-state index in [9.17, 15) is 4.79 Å². The zero-order valence-electron chi connectivity index (χ0n) is 11.9. The number of hydrogen-bond acceptors (Lipinski definition) is 4. The fraction of sp³-hybridized carbons (Fsp3) is 0.500. The number of rotatable bonds is 3. The smallest absolute Gasteiger partial charge is 0.411 e. The molecule has 0 aliphatic carbocycles. The van der Waals surface area contributed by atoms with Gasteiger partial charge in [0.25, 0.3) is 0 Å². The summed E-state index contributed by atoms with van der Waals surface area (Å²) in [6.07, 6.45) is -0.763. The highest BCUT2D eigenvalue weighted by molar-refractivity contribution is 6.35. The van der Waals surface area contributed by atoms with Gasteiger partial charge in [0.05, 0.1) is 16.3 Å². The molecule has 0 spiro atoms. The quantitative estimate of drug-likeness (QED) is 0.891. The van der Waals surface area contributed by atoms with Crippen LogP contribution in [-0.2, 0) is 9.47 Å². The molecule has 1 amide bonds. The van der Waals surface area contributed by atoms with E-state index in [1.54, 1.807) is 18.2 Å². The predicted octanol–water partition coefficient (Wildman–Crippen LogP) is 3.31. The van der Waals surface area contributed by atoms with Gasteiger partial charge >= 0.3 is 6.09 Å². The van der Waals surface area contributed by atoms with E-state index in [2.05, 4.69) is 10.6 Å². The second kappa shape index (κ2) is 6.83. The van der Waals surface area contributed by atoms with Crippen LogP contribution < -0.4 is 10.6 Å². The number of halogens is 2. The Morgan fingerprint density at radius 1 is 1.52 bits per heavy atom.